The third kappa shape index (κ3) is 2.76. The van der Waals surface area contributed by atoms with Crippen molar-refractivity contribution in [2.24, 2.45) is 5.92 Å². The lowest BCUT2D eigenvalue weighted by Gasteiger charge is -2.19. The molecular formula is C15H21N5O2. The molecule has 0 bridgehead atoms. The van der Waals surface area contributed by atoms with E-state index in [1.54, 1.807) is 12.4 Å². The zero-order valence-electron chi connectivity index (χ0n) is 12.9. The van der Waals surface area contributed by atoms with Crippen LogP contribution in [0, 0.1) is 12.8 Å². The zero-order valence-corrected chi connectivity index (χ0v) is 12.9. The largest absolute Gasteiger partial charge is 0.372 e. The van der Waals surface area contributed by atoms with Gasteiger partial charge in [-0.3, -0.25) is 14.6 Å². The van der Waals surface area contributed by atoms with E-state index < -0.39 is 0 Å². The molecule has 7 heteroatoms. The normalized spacial score (nSPS) is 21.2. The van der Waals surface area contributed by atoms with Crippen molar-refractivity contribution in [2.75, 3.05) is 13.2 Å². The molecule has 2 aromatic rings. The average Bonchev–Trinajstić information content (AvgIpc) is 3.24. The Morgan fingerprint density at radius 1 is 1.59 bits per heavy atom. The monoisotopic (exact) mass is 303 g/mol. The molecule has 7 nitrogen and oxygen atoms in total. The number of aromatic nitrogens is 4. The summed E-state index contributed by atoms with van der Waals surface area (Å²) in [6.45, 7) is 6.01. The highest BCUT2D eigenvalue weighted by Crippen LogP contribution is 2.33. The molecule has 2 N–H and O–H groups in total. The second kappa shape index (κ2) is 6.31. The van der Waals surface area contributed by atoms with Gasteiger partial charge in [-0.05, 0) is 26.3 Å². The minimum atomic E-state index is -0.0964. The molecule has 2 aromatic heterocycles. The Balaban J connectivity index is 1.65. The van der Waals surface area contributed by atoms with E-state index in [-0.39, 0.29) is 17.9 Å². The summed E-state index contributed by atoms with van der Waals surface area (Å²) >= 11 is 0. The Morgan fingerprint density at radius 2 is 2.45 bits per heavy atom. The van der Waals surface area contributed by atoms with E-state index in [9.17, 15) is 4.79 Å². The Morgan fingerprint density at radius 3 is 3.18 bits per heavy atom. The van der Waals surface area contributed by atoms with E-state index in [1.807, 2.05) is 17.7 Å². The van der Waals surface area contributed by atoms with Crippen molar-refractivity contribution >= 4 is 5.91 Å². The summed E-state index contributed by atoms with van der Waals surface area (Å²) in [5.74, 6) is 0.166. The first kappa shape index (κ1) is 14.8. The maximum Gasteiger partial charge on any atom is 0.254 e. The van der Waals surface area contributed by atoms with Gasteiger partial charge in [0.15, 0.2) is 0 Å². The van der Waals surface area contributed by atoms with Crippen LogP contribution < -0.4 is 5.32 Å². The predicted octanol–water partition coefficient (Wildman–Crippen LogP) is 1.44. The number of hydrogen-bond donors (Lipinski definition) is 2. The number of aryl methyl sites for hydroxylation is 2. The molecule has 22 heavy (non-hydrogen) atoms. The topological polar surface area (TPSA) is 84.8 Å². The van der Waals surface area contributed by atoms with E-state index in [0.29, 0.717) is 18.7 Å². The number of carbonyl (C=O) groups excluding carboxylic acids is 1. The van der Waals surface area contributed by atoms with Crippen LogP contribution >= 0.6 is 0 Å². The van der Waals surface area contributed by atoms with Gasteiger partial charge in [0.2, 0.25) is 0 Å². The lowest BCUT2D eigenvalue weighted by molar-refractivity contribution is 0.0795. The standard InChI is InChI=1S/C15H21N5O2/c1-3-20-13(4-6-18-20)14-11(5-7-22-14)8-16-15(21)12-9-17-19-10(12)2/h4,6,9,11,14H,3,5,7-8H2,1-2H3,(H,16,21)(H,17,19)/t11-,14+/m0/s1. The third-order valence-corrected chi connectivity index (χ3v) is 4.15. The van der Waals surface area contributed by atoms with Crippen LogP contribution in [0.1, 0.15) is 41.2 Å². The van der Waals surface area contributed by atoms with Gasteiger partial charge in [0.05, 0.1) is 17.5 Å². The lowest BCUT2D eigenvalue weighted by Crippen LogP contribution is -2.31. The van der Waals surface area contributed by atoms with Gasteiger partial charge in [0.1, 0.15) is 6.10 Å². The molecule has 2 atom stereocenters. The first-order valence-electron chi connectivity index (χ1n) is 7.62. The first-order chi connectivity index (χ1) is 10.7. The molecule has 0 aliphatic carbocycles. The molecule has 0 aromatic carbocycles. The molecule has 0 saturated carbocycles. The van der Waals surface area contributed by atoms with Crippen LogP contribution in [0.3, 0.4) is 0 Å². The minimum absolute atomic E-state index is 0.00630. The van der Waals surface area contributed by atoms with Gasteiger partial charge in [-0.15, -0.1) is 0 Å². The van der Waals surface area contributed by atoms with Gasteiger partial charge in [0, 0.05) is 37.5 Å². The quantitative estimate of drug-likeness (QED) is 0.875. The van der Waals surface area contributed by atoms with Crippen molar-refractivity contribution in [3.8, 4) is 0 Å². The van der Waals surface area contributed by atoms with Gasteiger partial charge in [-0.25, -0.2) is 0 Å². The second-order valence-electron chi connectivity index (χ2n) is 5.53. The van der Waals surface area contributed by atoms with Gasteiger partial charge in [-0.2, -0.15) is 10.2 Å². The van der Waals surface area contributed by atoms with E-state index in [2.05, 4.69) is 27.5 Å². The van der Waals surface area contributed by atoms with Crippen LogP contribution in [0.25, 0.3) is 0 Å². The summed E-state index contributed by atoms with van der Waals surface area (Å²) in [6, 6.07) is 1.99. The predicted molar refractivity (Wildman–Crippen MR) is 80.4 cm³/mol. The highest BCUT2D eigenvalue weighted by atomic mass is 16.5. The molecular weight excluding hydrogens is 282 g/mol. The van der Waals surface area contributed by atoms with Crippen molar-refractivity contribution in [3.63, 3.8) is 0 Å². The number of aromatic amines is 1. The third-order valence-electron chi connectivity index (χ3n) is 4.15. The van der Waals surface area contributed by atoms with Crippen molar-refractivity contribution < 1.29 is 9.53 Å². The molecule has 0 unspecified atom stereocenters. The summed E-state index contributed by atoms with van der Waals surface area (Å²) in [7, 11) is 0. The fraction of sp³-hybridized carbons (Fsp3) is 0.533. The van der Waals surface area contributed by atoms with Crippen LogP contribution in [0.2, 0.25) is 0 Å². The summed E-state index contributed by atoms with van der Waals surface area (Å²) in [4.78, 5) is 12.2. The van der Waals surface area contributed by atoms with Gasteiger partial charge in [0.25, 0.3) is 5.91 Å². The Bertz CT molecular complexity index is 648. The minimum Gasteiger partial charge on any atom is -0.372 e. The fourth-order valence-electron chi connectivity index (χ4n) is 2.92. The zero-order chi connectivity index (χ0) is 15.5. The number of hydrogen-bond acceptors (Lipinski definition) is 4. The maximum atomic E-state index is 12.2. The van der Waals surface area contributed by atoms with Crippen LogP contribution in [0.15, 0.2) is 18.5 Å². The summed E-state index contributed by atoms with van der Waals surface area (Å²) < 4.78 is 7.82. The van der Waals surface area contributed by atoms with Crippen molar-refractivity contribution in [1.82, 2.24) is 25.3 Å². The molecule has 0 spiro atoms. The molecule has 0 radical (unpaired) electrons. The van der Waals surface area contributed by atoms with E-state index in [0.717, 1.165) is 24.4 Å². The Labute approximate surface area is 129 Å². The fourth-order valence-corrected chi connectivity index (χ4v) is 2.92. The van der Waals surface area contributed by atoms with E-state index in [4.69, 9.17) is 4.74 Å². The molecule has 3 rings (SSSR count). The highest BCUT2D eigenvalue weighted by molar-refractivity contribution is 5.94. The van der Waals surface area contributed by atoms with Crippen LogP contribution in [0.5, 0.6) is 0 Å². The molecule has 1 fully saturated rings. The number of nitrogens with one attached hydrogen (secondary N) is 2. The molecule has 1 aliphatic rings. The average molecular weight is 303 g/mol. The van der Waals surface area contributed by atoms with Crippen LogP contribution in [0.4, 0.5) is 0 Å². The maximum absolute atomic E-state index is 12.2. The number of carbonyl (C=O) groups is 1. The summed E-state index contributed by atoms with van der Waals surface area (Å²) in [5, 5.41) is 13.9. The summed E-state index contributed by atoms with van der Waals surface area (Å²) in [5.41, 5.74) is 2.45. The van der Waals surface area contributed by atoms with Crippen LogP contribution in [-0.4, -0.2) is 39.0 Å². The second-order valence-corrected chi connectivity index (χ2v) is 5.53. The number of rotatable bonds is 5. The smallest absolute Gasteiger partial charge is 0.254 e. The van der Waals surface area contributed by atoms with Crippen molar-refractivity contribution in [2.45, 2.75) is 32.9 Å². The summed E-state index contributed by atoms with van der Waals surface area (Å²) in [6.07, 6.45) is 4.28. The SMILES string of the molecule is CCn1nccc1[C@@H]1OCC[C@H]1CNC(=O)c1cn[nH]c1C. The highest BCUT2D eigenvalue weighted by Gasteiger charge is 2.32. The van der Waals surface area contributed by atoms with Gasteiger partial charge in [-0.1, -0.05) is 0 Å². The van der Waals surface area contributed by atoms with Crippen molar-refractivity contribution in [1.29, 1.82) is 0 Å². The van der Waals surface area contributed by atoms with E-state index >= 15 is 0 Å². The number of nitrogens with zero attached hydrogens (tertiary/aromatic N) is 3. The Kier molecular flexibility index (Phi) is 4.24. The number of H-pyrrole nitrogens is 1. The lowest BCUT2D eigenvalue weighted by atomic mass is 9.98. The van der Waals surface area contributed by atoms with E-state index in [1.165, 1.54) is 0 Å². The number of ether oxygens (including phenoxy) is 1. The number of amides is 1. The molecule has 1 amide bonds. The first-order valence-corrected chi connectivity index (χ1v) is 7.62. The van der Waals surface area contributed by atoms with Gasteiger partial charge >= 0.3 is 0 Å². The molecule has 1 saturated heterocycles. The molecule has 3 heterocycles. The Hall–Kier alpha value is -2.15. The van der Waals surface area contributed by atoms with Gasteiger partial charge < -0.3 is 10.1 Å². The molecule has 118 valence electrons. The van der Waals surface area contributed by atoms with Crippen molar-refractivity contribution in [3.05, 3.63) is 35.4 Å². The molecule has 1 aliphatic heterocycles. The van der Waals surface area contributed by atoms with Crippen LogP contribution in [-0.2, 0) is 11.3 Å².